The number of hydrogen-bond donors (Lipinski definition) is 1. The van der Waals surface area contributed by atoms with Crippen LogP contribution in [-0.4, -0.2) is 27.7 Å². The second-order valence-corrected chi connectivity index (χ2v) is 5.81. The van der Waals surface area contributed by atoms with E-state index in [1.54, 1.807) is 13.1 Å². The Balaban J connectivity index is 2.03. The van der Waals surface area contributed by atoms with Gasteiger partial charge < -0.3 is 9.72 Å². The predicted molar refractivity (Wildman–Crippen MR) is 83.3 cm³/mol. The van der Waals surface area contributed by atoms with Gasteiger partial charge in [0.2, 0.25) is 0 Å². The van der Waals surface area contributed by atoms with Crippen molar-refractivity contribution in [2.75, 3.05) is 6.61 Å². The Kier molecular flexibility index (Phi) is 4.01. The molecule has 120 valence electrons. The van der Waals surface area contributed by atoms with E-state index in [-0.39, 0.29) is 6.01 Å². The van der Waals surface area contributed by atoms with Crippen LogP contribution in [0.25, 0.3) is 22.2 Å². The van der Waals surface area contributed by atoms with Crippen molar-refractivity contribution in [1.82, 2.24) is 15.0 Å². The molecule has 0 saturated heterocycles. The quantitative estimate of drug-likeness (QED) is 0.714. The van der Waals surface area contributed by atoms with Crippen LogP contribution in [0.4, 0.5) is 13.2 Å². The highest BCUT2D eigenvalue weighted by Gasteiger charge is 2.29. The van der Waals surface area contributed by atoms with Crippen LogP contribution in [-0.2, 0) is 0 Å². The van der Waals surface area contributed by atoms with Crippen LogP contribution in [0, 0.1) is 6.92 Å². The first-order valence-electron chi connectivity index (χ1n) is 6.64. The Bertz CT molecular complexity index is 861. The summed E-state index contributed by atoms with van der Waals surface area (Å²) in [5, 5.41) is 0.906. The van der Waals surface area contributed by atoms with Crippen molar-refractivity contribution in [2.24, 2.45) is 0 Å². The summed E-state index contributed by atoms with van der Waals surface area (Å²) in [6.45, 7) is 0.370. The summed E-state index contributed by atoms with van der Waals surface area (Å²) in [4.78, 5) is 11.1. The number of fused-ring (bicyclic) bond motifs is 1. The molecule has 8 heteroatoms. The molecule has 3 aromatic rings. The number of nitrogens with one attached hydrogen (secondary N) is 1. The van der Waals surface area contributed by atoms with Gasteiger partial charge in [0.05, 0.1) is 11.2 Å². The molecule has 0 fully saturated rings. The number of H-pyrrole nitrogens is 1. The van der Waals surface area contributed by atoms with Gasteiger partial charge in [-0.15, -0.1) is 0 Å². The van der Waals surface area contributed by atoms with Gasteiger partial charge in [-0.3, -0.25) is 0 Å². The van der Waals surface area contributed by atoms with Crippen LogP contribution in [0.3, 0.4) is 0 Å². The molecule has 0 aliphatic rings. The average Bonchev–Trinajstić information content (AvgIpc) is 2.91. The Morgan fingerprint density at radius 1 is 1.30 bits per heavy atom. The number of rotatable bonds is 3. The molecule has 1 aromatic carbocycles. The minimum atomic E-state index is -4.43. The number of aromatic nitrogens is 3. The molecule has 1 N–H and O–H groups in total. The van der Waals surface area contributed by atoms with E-state index in [1.807, 2.05) is 18.2 Å². The number of benzene rings is 1. The topological polar surface area (TPSA) is 50.8 Å². The Hall–Kier alpha value is -2.09. The molecule has 2 heterocycles. The van der Waals surface area contributed by atoms with Crippen LogP contribution in [0.2, 0.25) is 0 Å². The Morgan fingerprint density at radius 2 is 2.09 bits per heavy atom. The number of hydrogen-bond acceptors (Lipinski definition) is 3. The SMILES string of the molecule is Cc1cnc(OCC(F)(F)F)nc1-c1c[nH]c2c(Br)cccc12. The minimum Gasteiger partial charge on any atom is -0.454 e. The zero-order valence-electron chi connectivity index (χ0n) is 11.9. The first kappa shape index (κ1) is 15.8. The lowest BCUT2D eigenvalue weighted by Gasteiger charge is -2.09. The molecule has 0 spiro atoms. The fourth-order valence-electron chi connectivity index (χ4n) is 2.23. The normalized spacial score (nSPS) is 11.9. The Labute approximate surface area is 137 Å². The molecule has 0 aliphatic heterocycles. The highest BCUT2D eigenvalue weighted by Crippen LogP contribution is 2.33. The number of aryl methyl sites for hydroxylation is 1. The summed E-state index contributed by atoms with van der Waals surface area (Å²) in [6.07, 6.45) is -1.22. The van der Waals surface area contributed by atoms with Gasteiger partial charge in [0.1, 0.15) is 0 Å². The van der Waals surface area contributed by atoms with Gasteiger partial charge in [0.15, 0.2) is 6.61 Å². The van der Waals surface area contributed by atoms with Gasteiger partial charge >= 0.3 is 12.2 Å². The van der Waals surface area contributed by atoms with Crippen molar-refractivity contribution in [3.63, 3.8) is 0 Å². The van der Waals surface area contributed by atoms with Crippen molar-refractivity contribution in [2.45, 2.75) is 13.1 Å². The molecule has 23 heavy (non-hydrogen) atoms. The van der Waals surface area contributed by atoms with E-state index in [9.17, 15) is 13.2 Å². The van der Waals surface area contributed by atoms with Crippen molar-refractivity contribution < 1.29 is 17.9 Å². The monoisotopic (exact) mass is 385 g/mol. The van der Waals surface area contributed by atoms with Gasteiger partial charge in [-0.2, -0.15) is 18.2 Å². The maximum Gasteiger partial charge on any atom is 0.422 e. The first-order valence-corrected chi connectivity index (χ1v) is 7.43. The third kappa shape index (κ3) is 3.31. The number of nitrogens with zero attached hydrogens (tertiary/aromatic N) is 2. The molecule has 0 aliphatic carbocycles. The number of aromatic amines is 1. The molecule has 3 rings (SSSR count). The van der Waals surface area contributed by atoms with Gasteiger partial charge in [-0.05, 0) is 34.5 Å². The summed E-state index contributed by atoms with van der Waals surface area (Å²) in [6, 6.07) is 5.38. The highest BCUT2D eigenvalue weighted by atomic mass is 79.9. The molecule has 0 saturated carbocycles. The summed E-state index contributed by atoms with van der Waals surface area (Å²) >= 11 is 3.45. The third-order valence-electron chi connectivity index (χ3n) is 3.23. The number of para-hydroxylation sites is 1. The second-order valence-electron chi connectivity index (χ2n) is 4.95. The third-order valence-corrected chi connectivity index (χ3v) is 3.90. The number of ether oxygens (including phenoxy) is 1. The van der Waals surface area contributed by atoms with E-state index in [0.29, 0.717) is 5.69 Å². The molecule has 4 nitrogen and oxygen atoms in total. The van der Waals surface area contributed by atoms with Crippen molar-refractivity contribution >= 4 is 26.8 Å². The van der Waals surface area contributed by atoms with Gasteiger partial charge in [-0.1, -0.05) is 12.1 Å². The molecule has 2 aromatic heterocycles. The largest absolute Gasteiger partial charge is 0.454 e. The second kappa shape index (κ2) is 5.84. The van der Waals surface area contributed by atoms with Crippen LogP contribution >= 0.6 is 15.9 Å². The van der Waals surface area contributed by atoms with E-state index in [2.05, 4.69) is 35.6 Å². The zero-order chi connectivity index (χ0) is 16.6. The molecular weight excluding hydrogens is 375 g/mol. The summed E-state index contributed by atoms with van der Waals surface area (Å²) in [5.74, 6) is 0. The molecule has 0 amide bonds. The van der Waals surface area contributed by atoms with Crippen molar-refractivity contribution in [3.05, 3.63) is 40.6 Å². The van der Waals surface area contributed by atoms with Crippen molar-refractivity contribution in [3.8, 4) is 17.3 Å². The van der Waals surface area contributed by atoms with Gasteiger partial charge in [0, 0.05) is 27.8 Å². The smallest absolute Gasteiger partial charge is 0.422 e. The van der Waals surface area contributed by atoms with Crippen LogP contribution in [0.5, 0.6) is 6.01 Å². The first-order chi connectivity index (χ1) is 10.8. The van der Waals surface area contributed by atoms with Crippen LogP contribution < -0.4 is 4.74 Å². The van der Waals surface area contributed by atoms with E-state index in [0.717, 1.165) is 26.5 Å². The molecule has 0 radical (unpaired) electrons. The lowest BCUT2D eigenvalue weighted by atomic mass is 10.1. The number of halogens is 4. The fraction of sp³-hybridized carbons (Fsp3) is 0.200. The van der Waals surface area contributed by atoms with E-state index in [4.69, 9.17) is 0 Å². The van der Waals surface area contributed by atoms with E-state index in [1.165, 1.54) is 6.20 Å². The van der Waals surface area contributed by atoms with Gasteiger partial charge in [-0.25, -0.2) is 4.98 Å². The molecule has 0 atom stereocenters. The average molecular weight is 386 g/mol. The molecule has 0 bridgehead atoms. The van der Waals surface area contributed by atoms with Crippen LogP contribution in [0.15, 0.2) is 35.1 Å². The fourth-order valence-corrected chi connectivity index (χ4v) is 2.71. The lowest BCUT2D eigenvalue weighted by molar-refractivity contribution is -0.154. The van der Waals surface area contributed by atoms with Crippen LogP contribution in [0.1, 0.15) is 5.56 Å². The summed E-state index contributed by atoms with van der Waals surface area (Å²) in [5.41, 5.74) is 2.93. The summed E-state index contributed by atoms with van der Waals surface area (Å²) < 4.78 is 42.3. The summed E-state index contributed by atoms with van der Waals surface area (Å²) in [7, 11) is 0. The highest BCUT2D eigenvalue weighted by molar-refractivity contribution is 9.10. The lowest BCUT2D eigenvalue weighted by Crippen LogP contribution is -2.20. The molecule has 0 unspecified atom stereocenters. The predicted octanol–water partition coefficient (Wildman–Crippen LogP) is 4.64. The molecular formula is C15H11BrF3N3O. The maximum atomic E-state index is 12.3. The van der Waals surface area contributed by atoms with Gasteiger partial charge in [0.25, 0.3) is 0 Å². The standard InChI is InChI=1S/C15H11BrF3N3O/c1-8-5-21-14(23-7-15(17,18)19)22-12(8)10-6-20-13-9(10)3-2-4-11(13)16/h2-6,20H,7H2,1H3. The number of alkyl halides is 3. The van der Waals surface area contributed by atoms with E-state index < -0.39 is 12.8 Å². The zero-order valence-corrected chi connectivity index (χ0v) is 13.5. The van der Waals surface area contributed by atoms with E-state index >= 15 is 0 Å². The maximum absolute atomic E-state index is 12.3. The Morgan fingerprint density at radius 3 is 2.83 bits per heavy atom. The van der Waals surface area contributed by atoms with Crippen molar-refractivity contribution in [1.29, 1.82) is 0 Å². The minimum absolute atomic E-state index is 0.299.